The Morgan fingerprint density at radius 2 is 1.96 bits per heavy atom. The third-order valence-corrected chi connectivity index (χ3v) is 5.24. The number of carbonyl (C=O) groups excluding carboxylic acids is 1. The number of rotatable bonds is 6. The topological polar surface area (TPSA) is 84.9 Å². The molecule has 1 aliphatic heterocycles. The van der Waals surface area contributed by atoms with Gasteiger partial charge in [0, 0.05) is 6.54 Å². The minimum atomic E-state index is -3.78. The number of hydrogen-bond acceptors (Lipinski definition) is 5. The molecule has 0 atom stereocenters. The number of sulfonamides is 1. The average Bonchev–Trinajstić information content (AvgIpc) is 3.07. The van der Waals surface area contributed by atoms with Crippen LogP contribution in [0.25, 0.3) is 0 Å². The van der Waals surface area contributed by atoms with E-state index in [-0.39, 0.29) is 24.0 Å². The SMILES string of the molecule is CS(=O)(=O)N(CC(=O)NCc1ccc2c(c1)OCO2)c1ccc(F)c(Cl)c1. The van der Waals surface area contributed by atoms with Crippen molar-refractivity contribution >= 4 is 33.2 Å². The molecule has 7 nitrogen and oxygen atoms in total. The summed E-state index contributed by atoms with van der Waals surface area (Å²) in [4.78, 5) is 12.3. The smallest absolute Gasteiger partial charge is 0.241 e. The van der Waals surface area contributed by atoms with Crippen LogP contribution in [-0.2, 0) is 21.4 Å². The van der Waals surface area contributed by atoms with E-state index >= 15 is 0 Å². The van der Waals surface area contributed by atoms with Crippen LogP contribution in [0.3, 0.4) is 0 Å². The molecule has 0 fully saturated rings. The second-order valence-corrected chi connectivity index (χ2v) is 8.15. The van der Waals surface area contributed by atoms with E-state index in [1.165, 1.54) is 6.07 Å². The molecule has 0 saturated heterocycles. The number of ether oxygens (including phenoxy) is 2. The van der Waals surface area contributed by atoms with Crippen molar-refractivity contribution < 1.29 is 27.1 Å². The van der Waals surface area contributed by atoms with Crippen LogP contribution in [-0.4, -0.2) is 33.9 Å². The van der Waals surface area contributed by atoms with Crippen LogP contribution in [0, 0.1) is 5.82 Å². The maximum absolute atomic E-state index is 13.3. The summed E-state index contributed by atoms with van der Waals surface area (Å²) in [5, 5.41) is 2.41. The maximum atomic E-state index is 13.3. The minimum Gasteiger partial charge on any atom is -0.454 e. The largest absolute Gasteiger partial charge is 0.454 e. The Morgan fingerprint density at radius 1 is 1.22 bits per heavy atom. The minimum absolute atomic E-state index is 0.0992. The second-order valence-electron chi connectivity index (χ2n) is 5.83. The summed E-state index contributed by atoms with van der Waals surface area (Å²) in [6.07, 6.45) is 0.954. The van der Waals surface area contributed by atoms with Gasteiger partial charge in [-0.25, -0.2) is 12.8 Å². The number of anilines is 1. The lowest BCUT2D eigenvalue weighted by atomic mass is 10.2. The van der Waals surface area contributed by atoms with Crippen molar-refractivity contribution in [1.82, 2.24) is 5.32 Å². The number of nitrogens with zero attached hydrogens (tertiary/aromatic N) is 1. The molecule has 0 aliphatic carbocycles. The Balaban J connectivity index is 1.68. The molecule has 0 radical (unpaired) electrons. The van der Waals surface area contributed by atoms with E-state index in [9.17, 15) is 17.6 Å². The van der Waals surface area contributed by atoms with Gasteiger partial charge in [-0.05, 0) is 35.9 Å². The monoisotopic (exact) mass is 414 g/mol. The van der Waals surface area contributed by atoms with Crippen molar-refractivity contribution in [2.24, 2.45) is 0 Å². The van der Waals surface area contributed by atoms with Crippen LogP contribution < -0.4 is 19.1 Å². The lowest BCUT2D eigenvalue weighted by Gasteiger charge is -2.22. The third kappa shape index (κ3) is 4.61. The van der Waals surface area contributed by atoms with Gasteiger partial charge in [0.2, 0.25) is 22.7 Å². The van der Waals surface area contributed by atoms with E-state index in [4.69, 9.17) is 21.1 Å². The zero-order valence-electron chi connectivity index (χ0n) is 14.2. The normalized spacial score (nSPS) is 12.7. The molecule has 3 rings (SSSR count). The summed E-state index contributed by atoms with van der Waals surface area (Å²) in [5.74, 6) is 0.00153. The maximum Gasteiger partial charge on any atom is 0.241 e. The third-order valence-electron chi connectivity index (χ3n) is 3.81. The van der Waals surface area contributed by atoms with E-state index in [2.05, 4.69) is 5.32 Å². The Morgan fingerprint density at radius 3 is 2.67 bits per heavy atom. The van der Waals surface area contributed by atoms with Gasteiger partial charge in [0.05, 0.1) is 17.0 Å². The Kier molecular flexibility index (Phi) is 5.43. The zero-order valence-corrected chi connectivity index (χ0v) is 15.8. The van der Waals surface area contributed by atoms with Crippen LogP contribution in [0.15, 0.2) is 36.4 Å². The molecule has 2 aromatic rings. The molecule has 0 aromatic heterocycles. The summed E-state index contributed by atoms with van der Waals surface area (Å²) in [7, 11) is -3.78. The van der Waals surface area contributed by atoms with Crippen LogP contribution in [0.1, 0.15) is 5.56 Å². The fraction of sp³-hybridized carbons (Fsp3) is 0.235. The van der Waals surface area contributed by atoms with Gasteiger partial charge in [-0.3, -0.25) is 9.10 Å². The molecule has 0 bridgehead atoms. The first kappa shape index (κ1) is 19.2. The highest BCUT2D eigenvalue weighted by atomic mass is 35.5. The molecule has 1 N–H and O–H groups in total. The van der Waals surface area contributed by atoms with Crippen molar-refractivity contribution in [3.8, 4) is 11.5 Å². The first-order chi connectivity index (χ1) is 12.7. The van der Waals surface area contributed by atoms with E-state index in [0.29, 0.717) is 11.5 Å². The van der Waals surface area contributed by atoms with Crippen LogP contribution >= 0.6 is 11.6 Å². The molecule has 10 heteroatoms. The van der Waals surface area contributed by atoms with E-state index in [0.717, 1.165) is 28.3 Å². The van der Waals surface area contributed by atoms with Gasteiger partial charge in [-0.15, -0.1) is 0 Å². The molecule has 27 heavy (non-hydrogen) atoms. The number of fused-ring (bicyclic) bond motifs is 1. The Labute approximate surface area is 160 Å². The van der Waals surface area contributed by atoms with Crippen molar-refractivity contribution in [2.75, 3.05) is 23.9 Å². The van der Waals surface area contributed by atoms with Gasteiger partial charge in [0.25, 0.3) is 0 Å². The molecular weight excluding hydrogens is 399 g/mol. The number of amides is 1. The summed E-state index contributed by atoms with van der Waals surface area (Å²) in [6, 6.07) is 8.67. The van der Waals surface area contributed by atoms with Gasteiger partial charge >= 0.3 is 0 Å². The van der Waals surface area contributed by atoms with Crippen LogP contribution in [0.5, 0.6) is 11.5 Å². The van der Waals surface area contributed by atoms with Crippen molar-refractivity contribution in [3.63, 3.8) is 0 Å². The van der Waals surface area contributed by atoms with Crippen LogP contribution in [0.2, 0.25) is 5.02 Å². The first-order valence-electron chi connectivity index (χ1n) is 7.82. The van der Waals surface area contributed by atoms with Crippen molar-refractivity contribution in [3.05, 3.63) is 52.8 Å². The summed E-state index contributed by atoms with van der Waals surface area (Å²) in [6.45, 7) is -0.142. The Hall–Kier alpha value is -2.52. The lowest BCUT2D eigenvalue weighted by Crippen LogP contribution is -2.40. The van der Waals surface area contributed by atoms with Gasteiger partial charge in [0.1, 0.15) is 12.4 Å². The fourth-order valence-electron chi connectivity index (χ4n) is 2.48. The quantitative estimate of drug-likeness (QED) is 0.784. The molecular formula is C17H16ClFN2O5S. The average molecular weight is 415 g/mol. The number of hydrogen-bond donors (Lipinski definition) is 1. The zero-order chi connectivity index (χ0) is 19.6. The molecule has 144 valence electrons. The van der Waals surface area contributed by atoms with Crippen molar-refractivity contribution in [1.29, 1.82) is 0 Å². The van der Waals surface area contributed by atoms with Crippen molar-refractivity contribution in [2.45, 2.75) is 6.54 Å². The molecule has 2 aromatic carbocycles. The van der Waals surface area contributed by atoms with E-state index < -0.39 is 28.3 Å². The highest BCUT2D eigenvalue weighted by molar-refractivity contribution is 7.92. The molecule has 0 saturated carbocycles. The van der Waals surface area contributed by atoms with Gasteiger partial charge in [0.15, 0.2) is 11.5 Å². The number of carbonyl (C=O) groups is 1. The predicted octanol–water partition coefficient (Wildman–Crippen LogP) is 2.29. The number of nitrogens with one attached hydrogen (secondary N) is 1. The predicted molar refractivity (Wildman–Crippen MR) is 98.0 cm³/mol. The molecule has 0 spiro atoms. The van der Waals surface area contributed by atoms with E-state index in [1.807, 2.05) is 0 Å². The summed E-state index contributed by atoms with van der Waals surface area (Å²) < 4.78 is 48.8. The van der Waals surface area contributed by atoms with Crippen LogP contribution in [0.4, 0.5) is 10.1 Å². The van der Waals surface area contributed by atoms with Gasteiger partial charge in [-0.2, -0.15) is 0 Å². The number of benzene rings is 2. The van der Waals surface area contributed by atoms with E-state index in [1.54, 1.807) is 18.2 Å². The summed E-state index contributed by atoms with van der Waals surface area (Å²) in [5.41, 5.74) is 0.866. The molecule has 0 unspecified atom stereocenters. The fourth-order valence-corrected chi connectivity index (χ4v) is 3.50. The molecule has 1 aliphatic rings. The van der Waals surface area contributed by atoms with Gasteiger partial charge < -0.3 is 14.8 Å². The van der Waals surface area contributed by atoms with Gasteiger partial charge in [-0.1, -0.05) is 17.7 Å². The highest BCUT2D eigenvalue weighted by Crippen LogP contribution is 2.32. The Bertz CT molecular complexity index is 983. The second kappa shape index (κ2) is 7.61. The molecule has 1 amide bonds. The first-order valence-corrected chi connectivity index (χ1v) is 10.0. The number of halogens is 2. The standard InChI is InChI=1S/C17H16ClFN2O5S/c1-27(23,24)21(12-3-4-14(19)13(18)7-12)9-17(22)20-8-11-2-5-15-16(6-11)26-10-25-15/h2-7H,8-10H2,1H3,(H,20,22). The molecule has 1 heterocycles. The highest BCUT2D eigenvalue weighted by Gasteiger charge is 2.22. The lowest BCUT2D eigenvalue weighted by molar-refractivity contribution is -0.119. The summed E-state index contributed by atoms with van der Waals surface area (Å²) >= 11 is 5.71.